The maximum Gasteiger partial charge on any atom is 0.118 e. The van der Waals surface area contributed by atoms with E-state index in [4.69, 9.17) is 9.84 Å². The fourth-order valence-corrected chi connectivity index (χ4v) is 3.54. The van der Waals surface area contributed by atoms with Gasteiger partial charge in [0, 0.05) is 30.8 Å². The molecule has 4 rings (SSSR count). The first-order valence-corrected chi connectivity index (χ1v) is 9.67. The highest BCUT2D eigenvalue weighted by Crippen LogP contribution is 2.36. The Hall–Kier alpha value is -3.27. The number of rotatable bonds is 7. The van der Waals surface area contributed by atoms with E-state index in [1.165, 1.54) is 11.3 Å². The standard InChI is InChI=1S/C24H25N3O/c1-28-23-14-12-19(13-15-23)24-18-21(16-17-25-20-8-4-2-5-9-20)26-27(24)22-10-6-3-7-11-22/h2-15,24-25H,16-18H2,1H3. The zero-order chi connectivity index (χ0) is 19.2. The first-order valence-electron chi connectivity index (χ1n) is 9.67. The summed E-state index contributed by atoms with van der Waals surface area (Å²) >= 11 is 0. The van der Waals surface area contributed by atoms with Gasteiger partial charge in [0.05, 0.1) is 18.8 Å². The largest absolute Gasteiger partial charge is 0.497 e. The predicted molar refractivity (Wildman–Crippen MR) is 116 cm³/mol. The summed E-state index contributed by atoms with van der Waals surface area (Å²) in [6, 6.07) is 29.2. The van der Waals surface area contributed by atoms with E-state index in [1.54, 1.807) is 7.11 Å². The number of hydrogen-bond donors (Lipinski definition) is 1. The third-order valence-electron chi connectivity index (χ3n) is 5.01. The van der Waals surface area contributed by atoms with Crippen LogP contribution in [-0.2, 0) is 0 Å². The highest BCUT2D eigenvalue weighted by atomic mass is 16.5. The molecule has 0 saturated heterocycles. The van der Waals surface area contributed by atoms with E-state index in [1.807, 2.05) is 36.4 Å². The number of benzene rings is 3. The molecule has 1 heterocycles. The zero-order valence-electron chi connectivity index (χ0n) is 16.1. The van der Waals surface area contributed by atoms with Crippen molar-refractivity contribution >= 4 is 17.1 Å². The van der Waals surface area contributed by atoms with Crippen LogP contribution in [0.5, 0.6) is 5.75 Å². The number of para-hydroxylation sites is 2. The number of methoxy groups -OCH3 is 1. The maximum absolute atomic E-state index is 5.31. The molecular weight excluding hydrogens is 346 g/mol. The van der Waals surface area contributed by atoms with Gasteiger partial charge >= 0.3 is 0 Å². The Morgan fingerprint density at radius 2 is 1.61 bits per heavy atom. The Kier molecular flexibility index (Phi) is 5.57. The minimum Gasteiger partial charge on any atom is -0.497 e. The second-order valence-corrected chi connectivity index (χ2v) is 6.88. The Labute approximate surface area is 166 Å². The molecule has 0 spiro atoms. The van der Waals surface area contributed by atoms with E-state index < -0.39 is 0 Å². The van der Waals surface area contributed by atoms with Crippen molar-refractivity contribution in [2.24, 2.45) is 5.10 Å². The monoisotopic (exact) mass is 371 g/mol. The van der Waals surface area contributed by atoms with Crippen LogP contribution in [0.2, 0.25) is 0 Å². The number of ether oxygens (including phenoxy) is 1. The Balaban J connectivity index is 1.50. The smallest absolute Gasteiger partial charge is 0.118 e. The molecule has 0 bridgehead atoms. The Bertz CT molecular complexity index is 908. The normalized spacial score (nSPS) is 16.0. The molecule has 3 aromatic carbocycles. The third kappa shape index (κ3) is 4.17. The van der Waals surface area contributed by atoms with E-state index in [2.05, 4.69) is 58.9 Å². The molecule has 1 N–H and O–H groups in total. The fraction of sp³-hybridized carbons (Fsp3) is 0.208. The molecule has 3 aromatic rings. The van der Waals surface area contributed by atoms with Gasteiger partial charge in [-0.1, -0.05) is 48.5 Å². The highest BCUT2D eigenvalue weighted by molar-refractivity contribution is 5.89. The summed E-state index contributed by atoms with van der Waals surface area (Å²) in [5, 5.41) is 10.6. The molecule has 4 heteroatoms. The quantitative estimate of drug-likeness (QED) is 0.595. The van der Waals surface area contributed by atoms with Crippen molar-refractivity contribution in [1.82, 2.24) is 0 Å². The molecule has 0 aliphatic carbocycles. The highest BCUT2D eigenvalue weighted by Gasteiger charge is 2.28. The number of nitrogens with one attached hydrogen (secondary N) is 1. The summed E-state index contributed by atoms with van der Waals surface area (Å²) in [6.45, 7) is 0.876. The number of anilines is 2. The molecular formula is C24H25N3O. The number of hydrazone groups is 1. The molecule has 1 aliphatic heterocycles. The van der Waals surface area contributed by atoms with Gasteiger partial charge in [0.15, 0.2) is 0 Å². The summed E-state index contributed by atoms with van der Waals surface area (Å²) < 4.78 is 5.31. The molecule has 4 nitrogen and oxygen atoms in total. The van der Waals surface area contributed by atoms with Crippen LogP contribution < -0.4 is 15.1 Å². The lowest BCUT2D eigenvalue weighted by atomic mass is 10.00. The summed E-state index contributed by atoms with van der Waals surface area (Å²) in [5.74, 6) is 0.876. The Morgan fingerprint density at radius 1 is 0.929 bits per heavy atom. The summed E-state index contributed by atoms with van der Waals surface area (Å²) in [4.78, 5) is 0. The first kappa shape index (κ1) is 18.1. The lowest BCUT2D eigenvalue weighted by molar-refractivity contribution is 0.414. The van der Waals surface area contributed by atoms with Crippen LogP contribution in [0.3, 0.4) is 0 Å². The predicted octanol–water partition coefficient (Wildman–Crippen LogP) is 5.50. The second-order valence-electron chi connectivity index (χ2n) is 6.88. The summed E-state index contributed by atoms with van der Waals surface area (Å²) in [7, 11) is 1.70. The molecule has 142 valence electrons. The van der Waals surface area contributed by atoms with Crippen molar-refractivity contribution in [2.75, 3.05) is 24.0 Å². The zero-order valence-corrected chi connectivity index (χ0v) is 16.1. The van der Waals surface area contributed by atoms with E-state index in [9.17, 15) is 0 Å². The molecule has 1 unspecified atom stereocenters. The molecule has 28 heavy (non-hydrogen) atoms. The molecule has 0 saturated carbocycles. The van der Waals surface area contributed by atoms with E-state index in [-0.39, 0.29) is 6.04 Å². The van der Waals surface area contributed by atoms with Crippen molar-refractivity contribution in [1.29, 1.82) is 0 Å². The van der Waals surface area contributed by atoms with Crippen LogP contribution in [0.4, 0.5) is 11.4 Å². The van der Waals surface area contributed by atoms with E-state index in [0.717, 1.165) is 36.5 Å². The van der Waals surface area contributed by atoms with Gasteiger partial charge in [0.1, 0.15) is 5.75 Å². The lowest BCUT2D eigenvalue weighted by Gasteiger charge is -2.24. The van der Waals surface area contributed by atoms with Gasteiger partial charge in [-0.25, -0.2) is 0 Å². The fourth-order valence-electron chi connectivity index (χ4n) is 3.54. The average Bonchev–Trinajstić information content (AvgIpc) is 3.19. The van der Waals surface area contributed by atoms with E-state index in [0.29, 0.717) is 0 Å². The molecule has 0 fully saturated rings. The third-order valence-corrected chi connectivity index (χ3v) is 5.01. The molecule has 0 aromatic heterocycles. The number of hydrogen-bond acceptors (Lipinski definition) is 4. The van der Waals surface area contributed by atoms with Gasteiger partial charge in [0.25, 0.3) is 0 Å². The summed E-state index contributed by atoms with van der Waals surface area (Å²) in [5.41, 5.74) is 4.73. The van der Waals surface area contributed by atoms with Crippen molar-refractivity contribution in [3.63, 3.8) is 0 Å². The van der Waals surface area contributed by atoms with Gasteiger partial charge < -0.3 is 10.1 Å². The molecule has 1 aliphatic rings. The van der Waals surface area contributed by atoms with Gasteiger partial charge in [-0.05, 0) is 42.0 Å². The van der Waals surface area contributed by atoms with Crippen LogP contribution >= 0.6 is 0 Å². The first-order chi connectivity index (χ1) is 13.8. The van der Waals surface area contributed by atoms with E-state index >= 15 is 0 Å². The van der Waals surface area contributed by atoms with Crippen molar-refractivity contribution < 1.29 is 4.74 Å². The van der Waals surface area contributed by atoms with Crippen LogP contribution in [0, 0.1) is 0 Å². The van der Waals surface area contributed by atoms with Gasteiger partial charge in [-0.2, -0.15) is 5.10 Å². The van der Waals surface area contributed by atoms with Gasteiger partial charge in [0.2, 0.25) is 0 Å². The molecule has 0 radical (unpaired) electrons. The average molecular weight is 371 g/mol. The SMILES string of the molecule is COc1ccc(C2CC(CCNc3ccccc3)=NN2c2ccccc2)cc1. The van der Waals surface area contributed by atoms with Crippen molar-refractivity contribution in [2.45, 2.75) is 18.9 Å². The summed E-state index contributed by atoms with van der Waals surface area (Å²) in [6.07, 6.45) is 1.85. The minimum atomic E-state index is 0.208. The van der Waals surface area contributed by atoms with Crippen molar-refractivity contribution in [3.8, 4) is 5.75 Å². The van der Waals surface area contributed by atoms with Gasteiger partial charge in [-0.3, -0.25) is 5.01 Å². The van der Waals surface area contributed by atoms with Crippen LogP contribution in [0.15, 0.2) is 90.0 Å². The molecule has 1 atom stereocenters. The maximum atomic E-state index is 5.31. The molecule has 0 amide bonds. The topological polar surface area (TPSA) is 36.9 Å². The van der Waals surface area contributed by atoms with Gasteiger partial charge in [-0.15, -0.1) is 0 Å². The van der Waals surface area contributed by atoms with Crippen LogP contribution in [0.1, 0.15) is 24.4 Å². The van der Waals surface area contributed by atoms with Crippen LogP contribution in [-0.4, -0.2) is 19.4 Å². The van der Waals surface area contributed by atoms with Crippen molar-refractivity contribution in [3.05, 3.63) is 90.5 Å². The second kappa shape index (κ2) is 8.61. The Morgan fingerprint density at radius 3 is 2.29 bits per heavy atom. The lowest BCUT2D eigenvalue weighted by Crippen LogP contribution is -2.18. The number of nitrogens with zero attached hydrogens (tertiary/aromatic N) is 2. The minimum absolute atomic E-state index is 0.208. The van der Waals surface area contributed by atoms with Crippen LogP contribution in [0.25, 0.3) is 0 Å².